The van der Waals surface area contributed by atoms with Crippen LogP contribution in [-0.2, 0) is 0 Å². The summed E-state index contributed by atoms with van der Waals surface area (Å²) in [4.78, 5) is 14.0. The van der Waals surface area contributed by atoms with Crippen molar-refractivity contribution in [2.45, 2.75) is 0 Å². The van der Waals surface area contributed by atoms with Crippen molar-refractivity contribution in [3.05, 3.63) is 152 Å². The van der Waals surface area contributed by atoms with Crippen LogP contribution in [0.25, 0.3) is 77.3 Å². The normalized spacial score (nSPS) is 11.3. The number of aromatic nitrogens is 3. The third-order valence-electron chi connectivity index (χ3n) is 8.00. The summed E-state index contributed by atoms with van der Waals surface area (Å²) in [5, 5.41) is 7.64. The summed E-state index contributed by atoms with van der Waals surface area (Å²) in [7, 11) is 0. The topological polar surface area (TPSA) is 38.7 Å². The minimum Gasteiger partial charge on any atom is -0.217 e. The molecule has 0 aliphatic rings. The zero-order valence-corrected chi connectivity index (χ0v) is 22.8. The van der Waals surface area contributed by atoms with Crippen LogP contribution in [0.15, 0.2) is 152 Å². The Morgan fingerprint density at radius 1 is 0.286 bits per heavy atom. The predicted octanol–water partition coefficient (Wildman–Crippen LogP) is 10.00. The van der Waals surface area contributed by atoms with Gasteiger partial charge in [0, 0.05) is 11.1 Å². The molecular formula is C39H25N3. The summed E-state index contributed by atoms with van der Waals surface area (Å²) >= 11 is 0. The van der Waals surface area contributed by atoms with Crippen LogP contribution in [0.1, 0.15) is 0 Å². The molecule has 0 saturated heterocycles. The standard InChI is InChI=1S/C39H25N3/c1-2-10-26(11-3-1)27-12-8-14-30(22-27)38-40-25-41-39(42-38)31-15-9-13-28(23-31)29-20-21-36-34-18-5-4-16-32(34)33-17-6-7-19-35(33)37(36)24-29/h1-25H. The lowest BCUT2D eigenvalue weighted by Gasteiger charge is -2.12. The van der Waals surface area contributed by atoms with Gasteiger partial charge in [0.1, 0.15) is 6.33 Å². The smallest absolute Gasteiger partial charge is 0.163 e. The SMILES string of the molecule is c1ccc(-c2cccc(-c3ncnc(-c4cccc(-c5ccc6c7ccccc7c7ccccc7c6c5)c4)n3)c2)cc1. The molecule has 0 fully saturated rings. The molecule has 8 rings (SSSR count). The van der Waals surface area contributed by atoms with Crippen LogP contribution >= 0.6 is 0 Å². The van der Waals surface area contributed by atoms with E-state index in [9.17, 15) is 0 Å². The summed E-state index contributed by atoms with van der Waals surface area (Å²) in [6, 6.07) is 51.3. The van der Waals surface area contributed by atoms with Crippen LogP contribution in [0.3, 0.4) is 0 Å². The van der Waals surface area contributed by atoms with Crippen molar-refractivity contribution in [2.75, 3.05) is 0 Å². The first kappa shape index (κ1) is 24.2. The monoisotopic (exact) mass is 535 g/mol. The Morgan fingerprint density at radius 3 is 1.31 bits per heavy atom. The fourth-order valence-electron chi connectivity index (χ4n) is 5.97. The van der Waals surface area contributed by atoms with E-state index in [1.54, 1.807) is 6.33 Å². The second-order valence-electron chi connectivity index (χ2n) is 10.5. The average molecular weight is 536 g/mol. The number of benzene rings is 7. The van der Waals surface area contributed by atoms with E-state index in [0.717, 1.165) is 33.4 Å². The van der Waals surface area contributed by atoms with Crippen molar-refractivity contribution in [2.24, 2.45) is 0 Å². The molecule has 3 nitrogen and oxygen atoms in total. The highest BCUT2D eigenvalue weighted by atomic mass is 15.0. The fraction of sp³-hybridized carbons (Fsp3) is 0. The van der Waals surface area contributed by atoms with Gasteiger partial charge in [0.05, 0.1) is 0 Å². The fourth-order valence-corrected chi connectivity index (χ4v) is 5.97. The van der Waals surface area contributed by atoms with E-state index >= 15 is 0 Å². The van der Waals surface area contributed by atoms with Gasteiger partial charge in [-0.25, -0.2) is 15.0 Å². The molecule has 0 atom stereocenters. The van der Waals surface area contributed by atoms with E-state index in [1.807, 2.05) is 18.2 Å². The molecule has 0 aliphatic heterocycles. The number of fused-ring (bicyclic) bond motifs is 6. The van der Waals surface area contributed by atoms with Crippen LogP contribution < -0.4 is 0 Å². The van der Waals surface area contributed by atoms with E-state index in [4.69, 9.17) is 4.98 Å². The van der Waals surface area contributed by atoms with E-state index in [1.165, 1.54) is 32.3 Å². The molecule has 0 radical (unpaired) electrons. The van der Waals surface area contributed by atoms with E-state index in [0.29, 0.717) is 11.6 Å². The first-order valence-electron chi connectivity index (χ1n) is 14.1. The second kappa shape index (κ2) is 10.1. The van der Waals surface area contributed by atoms with Gasteiger partial charge in [0.2, 0.25) is 0 Å². The van der Waals surface area contributed by atoms with E-state index in [-0.39, 0.29) is 0 Å². The van der Waals surface area contributed by atoms with Crippen LogP contribution in [0, 0.1) is 0 Å². The largest absolute Gasteiger partial charge is 0.217 e. The molecule has 7 aromatic carbocycles. The summed E-state index contributed by atoms with van der Waals surface area (Å²) in [5.74, 6) is 1.32. The van der Waals surface area contributed by atoms with Gasteiger partial charge < -0.3 is 0 Å². The van der Waals surface area contributed by atoms with Gasteiger partial charge in [0.25, 0.3) is 0 Å². The van der Waals surface area contributed by atoms with E-state index in [2.05, 4.69) is 137 Å². The first-order chi connectivity index (χ1) is 20.8. The molecular weight excluding hydrogens is 510 g/mol. The predicted molar refractivity (Wildman–Crippen MR) is 174 cm³/mol. The Hall–Kier alpha value is -5.67. The zero-order valence-electron chi connectivity index (χ0n) is 22.8. The molecule has 8 aromatic rings. The van der Waals surface area contributed by atoms with Gasteiger partial charge in [-0.1, -0.05) is 127 Å². The quantitative estimate of drug-likeness (QED) is 0.211. The summed E-state index contributed by atoms with van der Waals surface area (Å²) in [6.07, 6.45) is 1.60. The summed E-state index contributed by atoms with van der Waals surface area (Å²) in [6.45, 7) is 0. The molecule has 1 aromatic heterocycles. The van der Waals surface area contributed by atoms with Gasteiger partial charge >= 0.3 is 0 Å². The molecule has 1 heterocycles. The minimum atomic E-state index is 0.657. The van der Waals surface area contributed by atoms with Crippen molar-refractivity contribution < 1.29 is 0 Å². The van der Waals surface area contributed by atoms with Crippen LogP contribution in [0.2, 0.25) is 0 Å². The lowest BCUT2D eigenvalue weighted by atomic mass is 9.92. The molecule has 42 heavy (non-hydrogen) atoms. The summed E-state index contributed by atoms with van der Waals surface area (Å²) in [5.41, 5.74) is 6.50. The third kappa shape index (κ3) is 4.20. The third-order valence-corrected chi connectivity index (χ3v) is 8.00. The van der Waals surface area contributed by atoms with Crippen molar-refractivity contribution in [3.8, 4) is 45.0 Å². The lowest BCUT2D eigenvalue weighted by Crippen LogP contribution is -1.95. The van der Waals surface area contributed by atoms with Gasteiger partial charge in [-0.05, 0) is 72.8 Å². The van der Waals surface area contributed by atoms with Crippen LogP contribution in [-0.4, -0.2) is 15.0 Å². The Labute approximate surface area is 243 Å². The van der Waals surface area contributed by atoms with Crippen LogP contribution in [0.5, 0.6) is 0 Å². The highest BCUT2D eigenvalue weighted by Gasteiger charge is 2.12. The first-order valence-corrected chi connectivity index (χ1v) is 14.1. The minimum absolute atomic E-state index is 0.657. The van der Waals surface area contributed by atoms with Crippen molar-refractivity contribution in [1.82, 2.24) is 15.0 Å². The maximum atomic E-state index is 4.89. The number of rotatable bonds is 4. The molecule has 0 spiro atoms. The van der Waals surface area contributed by atoms with Gasteiger partial charge in [-0.3, -0.25) is 0 Å². The Kier molecular flexibility index (Phi) is 5.79. The molecule has 0 aliphatic carbocycles. The molecule has 0 amide bonds. The average Bonchev–Trinajstić information content (AvgIpc) is 3.09. The maximum Gasteiger partial charge on any atom is 0.163 e. The molecule has 0 bridgehead atoms. The lowest BCUT2D eigenvalue weighted by molar-refractivity contribution is 1.07. The molecule has 0 N–H and O–H groups in total. The molecule has 3 heteroatoms. The number of nitrogens with zero attached hydrogens (tertiary/aromatic N) is 3. The molecule has 196 valence electrons. The van der Waals surface area contributed by atoms with Crippen molar-refractivity contribution in [3.63, 3.8) is 0 Å². The van der Waals surface area contributed by atoms with Gasteiger partial charge in [-0.15, -0.1) is 0 Å². The van der Waals surface area contributed by atoms with Crippen LogP contribution in [0.4, 0.5) is 0 Å². The number of hydrogen-bond acceptors (Lipinski definition) is 3. The molecule has 0 saturated carbocycles. The van der Waals surface area contributed by atoms with Crippen molar-refractivity contribution in [1.29, 1.82) is 0 Å². The van der Waals surface area contributed by atoms with Gasteiger partial charge in [-0.2, -0.15) is 0 Å². The number of hydrogen-bond donors (Lipinski definition) is 0. The Morgan fingerprint density at radius 2 is 0.714 bits per heavy atom. The molecule has 0 unspecified atom stereocenters. The Bertz CT molecular complexity index is 2220. The van der Waals surface area contributed by atoms with Crippen molar-refractivity contribution >= 4 is 32.3 Å². The highest BCUT2D eigenvalue weighted by molar-refractivity contribution is 6.25. The van der Waals surface area contributed by atoms with E-state index < -0.39 is 0 Å². The van der Waals surface area contributed by atoms with Gasteiger partial charge in [0.15, 0.2) is 11.6 Å². The zero-order chi connectivity index (χ0) is 27.9. The highest BCUT2D eigenvalue weighted by Crippen LogP contribution is 2.37. The maximum absolute atomic E-state index is 4.89. The summed E-state index contributed by atoms with van der Waals surface area (Å²) < 4.78 is 0. The second-order valence-corrected chi connectivity index (χ2v) is 10.5. The Balaban J connectivity index is 1.20.